The van der Waals surface area contributed by atoms with Crippen LogP contribution >= 0.6 is 11.3 Å². The van der Waals surface area contributed by atoms with Crippen molar-refractivity contribution in [3.05, 3.63) is 58.0 Å². The molecule has 0 saturated carbocycles. The van der Waals surface area contributed by atoms with Gasteiger partial charge in [-0.2, -0.15) is 5.10 Å². The van der Waals surface area contributed by atoms with Gasteiger partial charge in [0.2, 0.25) is 0 Å². The Morgan fingerprint density at radius 1 is 1.27 bits per heavy atom. The van der Waals surface area contributed by atoms with E-state index >= 15 is 0 Å². The minimum absolute atomic E-state index is 0.205. The van der Waals surface area contributed by atoms with Gasteiger partial charge in [0.25, 0.3) is 5.91 Å². The van der Waals surface area contributed by atoms with E-state index < -0.39 is 0 Å². The summed E-state index contributed by atoms with van der Waals surface area (Å²) in [6.45, 7) is 3.92. The van der Waals surface area contributed by atoms with Gasteiger partial charge in [-0.15, -0.1) is 11.3 Å². The van der Waals surface area contributed by atoms with E-state index in [4.69, 9.17) is 4.42 Å². The first-order valence-electron chi connectivity index (χ1n) is 7.09. The van der Waals surface area contributed by atoms with Gasteiger partial charge in [0, 0.05) is 10.9 Å². The molecule has 4 nitrogen and oxygen atoms in total. The van der Waals surface area contributed by atoms with E-state index in [9.17, 15) is 4.79 Å². The van der Waals surface area contributed by atoms with Crippen molar-refractivity contribution < 1.29 is 9.21 Å². The van der Waals surface area contributed by atoms with Gasteiger partial charge in [-0.1, -0.05) is 31.2 Å². The van der Waals surface area contributed by atoms with E-state index in [1.165, 1.54) is 11.3 Å². The van der Waals surface area contributed by atoms with Gasteiger partial charge in [-0.05, 0) is 30.9 Å². The number of benzene rings is 1. The molecule has 0 atom stereocenters. The molecule has 1 N–H and O–H groups in total. The third-order valence-corrected chi connectivity index (χ3v) is 4.32. The number of rotatable bonds is 4. The van der Waals surface area contributed by atoms with Gasteiger partial charge in [0.15, 0.2) is 5.76 Å². The summed E-state index contributed by atoms with van der Waals surface area (Å²) in [6.07, 6.45) is 0.845. The molecule has 0 aliphatic rings. The summed E-state index contributed by atoms with van der Waals surface area (Å²) < 4.78 is 5.90. The van der Waals surface area contributed by atoms with Crippen molar-refractivity contribution in [3.8, 4) is 0 Å². The van der Waals surface area contributed by atoms with Crippen molar-refractivity contribution in [2.45, 2.75) is 20.3 Å². The third-order valence-electron chi connectivity index (χ3n) is 3.45. The van der Waals surface area contributed by atoms with Crippen LogP contribution < -0.4 is 5.43 Å². The molecule has 0 spiro atoms. The second-order valence-electron chi connectivity index (χ2n) is 4.87. The second kappa shape index (κ2) is 6.15. The van der Waals surface area contributed by atoms with Crippen LogP contribution in [0.3, 0.4) is 0 Å². The summed E-state index contributed by atoms with van der Waals surface area (Å²) in [5.41, 5.74) is 5.20. The van der Waals surface area contributed by atoms with Crippen LogP contribution in [0.25, 0.3) is 11.0 Å². The number of thiophene rings is 1. The molecular formula is C17H16N2O2S. The van der Waals surface area contributed by atoms with Gasteiger partial charge in [0.05, 0.1) is 4.88 Å². The lowest BCUT2D eigenvalue weighted by Crippen LogP contribution is -2.18. The maximum absolute atomic E-state index is 11.9. The van der Waals surface area contributed by atoms with Crippen LogP contribution in [-0.2, 0) is 6.42 Å². The summed E-state index contributed by atoms with van der Waals surface area (Å²) in [7, 11) is 0. The van der Waals surface area contributed by atoms with Gasteiger partial charge >= 0.3 is 0 Å². The van der Waals surface area contributed by atoms with E-state index in [-0.39, 0.29) is 5.91 Å². The lowest BCUT2D eigenvalue weighted by molar-refractivity contribution is 0.0959. The summed E-state index contributed by atoms with van der Waals surface area (Å²) >= 11 is 1.39. The number of amides is 1. The Morgan fingerprint density at radius 3 is 2.82 bits per heavy atom. The van der Waals surface area contributed by atoms with E-state index in [1.807, 2.05) is 42.6 Å². The Labute approximate surface area is 132 Å². The Hall–Kier alpha value is -2.40. The van der Waals surface area contributed by atoms with Crippen molar-refractivity contribution in [1.29, 1.82) is 0 Å². The first-order chi connectivity index (χ1) is 10.7. The lowest BCUT2D eigenvalue weighted by Gasteiger charge is -2.01. The highest BCUT2D eigenvalue weighted by molar-refractivity contribution is 7.12. The van der Waals surface area contributed by atoms with Crippen molar-refractivity contribution in [1.82, 2.24) is 5.43 Å². The topological polar surface area (TPSA) is 54.6 Å². The number of carbonyl (C=O) groups excluding carboxylic acids is 1. The monoisotopic (exact) mass is 312 g/mol. The van der Waals surface area contributed by atoms with Crippen molar-refractivity contribution in [3.63, 3.8) is 0 Å². The number of nitrogens with zero attached hydrogens (tertiary/aromatic N) is 1. The number of hydrogen-bond donors (Lipinski definition) is 1. The summed E-state index contributed by atoms with van der Waals surface area (Å²) in [5.74, 6) is 0.527. The Kier molecular flexibility index (Phi) is 4.06. The highest BCUT2D eigenvalue weighted by atomic mass is 32.1. The molecule has 2 heterocycles. The first-order valence-corrected chi connectivity index (χ1v) is 7.97. The number of hydrogen-bond acceptors (Lipinski definition) is 4. The Balaban J connectivity index is 1.90. The molecule has 2 aromatic heterocycles. The fourth-order valence-electron chi connectivity index (χ4n) is 2.39. The van der Waals surface area contributed by atoms with E-state index in [2.05, 4.69) is 17.5 Å². The quantitative estimate of drug-likeness (QED) is 0.579. The summed E-state index contributed by atoms with van der Waals surface area (Å²) in [5, 5.41) is 7.14. The fourth-order valence-corrected chi connectivity index (χ4v) is 3.00. The normalized spacial score (nSPS) is 11.8. The minimum Gasteiger partial charge on any atom is -0.454 e. The number of carbonyl (C=O) groups is 1. The number of fused-ring (bicyclic) bond motifs is 1. The lowest BCUT2D eigenvalue weighted by atomic mass is 10.1. The SMILES string of the molecule is CCc1c(/C(C)=N\NC(=O)c2cccs2)oc2ccccc12. The molecule has 3 aromatic rings. The minimum atomic E-state index is -0.205. The van der Waals surface area contributed by atoms with Crippen LogP contribution in [0.5, 0.6) is 0 Å². The van der Waals surface area contributed by atoms with Gasteiger partial charge in [-0.25, -0.2) is 5.43 Å². The second-order valence-corrected chi connectivity index (χ2v) is 5.82. The number of nitrogens with one attached hydrogen (secondary N) is 1. The van der Waals surface area contributed by atoms with Crippen LogP contribution in [-0.4, -0.2) is 11.6 Å². The molecule has 1 amide bonds. The molecule has 0 fully saturated rings. The standard InChI is InChI=1S/C17H16N2O2S/c1-3-12-13-7-4-5-8-14(13)21-16(12)11(2)18-19-17(20)15-9-6-10-22-15/h4-10H,3H2,1-2H3,(H,19,20)/b18-11-. The molecule has 22 heavy (non-hydrogen) atoms. The molecule has 0 aliphatic heterocycles. The van der Waals surface area contributed by atoms with Crippen molar-refractivity contribution in [2.24, 2.45) is 5.10 Å². The molecule has 0 saturated heterocycles. The van der Waals surface area contributed by atoms with Crippen molar-refractivity contribution >= 4 is 33.9 Å². The van der Waals surface area contributed by atoms with E-state index in [0.29, 0.717) is 10.6 Å². The van der Waals surface area contributed by atoms with Gasteiger partial charge in [-0.3, -0.25) is 4.79 Å². The average molecular weight is 312 g/mol. The first kappa shape index (κ1) is 14.5. The largest absolute Gasteiger partial charge is 0.454 e. The highest BCUT2D eigenvalue weighted by Gasteiger charge is 2.15. The van der Waals surface area contributed by atoms with Gasteiger partial charge in [0.1, 0.15) is 11.3 Å². The summed E-state index contributed by atoms with van der Waals surface area (Å²) in [4.78, 5) is 12.6. The van der Waals surface area contributed by atoms with Crippen LogP contribution in [0.1, 0.15) is 34.8 Å². The van der Waals surface area contributed by atoms with Crippen molar-refractivity contribution in [2.75, 3.05) is 0 Å². The molecule has 0 radical (unpaired) electrons. The zero-order chi connectivity index (χ0) is 15.5. The number of furan rings is 1. The fraction of sp³-hybridized carbons (Fsp3) is 0.176. The van der Waals surface area contributed by atoms with Crippen LogP contribution in [0, 0.1) is 0 Å². The zero-order valence-corrected chi connectivity index (χ0v) is 13.2. The average Bonchev–Trinajstić information content (AvgIpc) is 3.19. The molecule has 3 rings (SSSR count). The number of hydrazone groups is 1. The van der Waals surface area contributed by atoms with Crippen LogP contribution in [0.15, 0.2) is 51.3 Å². The van der Waals surface area contributed by atoms with E-state index in [0.717, 1.165) is 28.7 Å². The molecule has 112 valence electrons. The van der Waals surface area contributed by atoms with Crippen LogP contribution in [0.4, 0.5) is 0 Å². The Bertz CT molecular complexity index is 832. The highest BCUT2D eigenvalue weighted by Crippen LogP contribution is 2.26. The van der Waals surface area contributed by atoms with Crippen LogP contribution in [0.2, 0.25) is 0 Å². The zero-order valence-electron chi connectivity index (χ0n) is 12.4. The predicted molar refractivity (Wildman–Crippen MR) is 89.6 cm³/mol. The Morgan fingerprint density at radius 2 is 2.09 bits per heavy atom. The number of para-hydroxylation sites is 1. The summed E-state index contributed by atoms with van der Waals surface area (Å²) in [6, 6.07) is 11.5. The molecule has 1 aromatic carbocycles. The molecule has 5 heteroatoms. The smallest absolute Gasteiger partial charge is 0.281 e. The van der Waals surface area contributed by atoms with E-state index in [1.54, 1.807) is 6.07 Å². The molecule has 0 aliphatic carbocycles. The number of aryl methyl sites for hydroxylation is 1. The van der Waals surface area contributed by atoms with Gasteiger partial charge < -0.3 is 4.42 Å². The molecular weight excluding hydrogens is 296 g/mol. The third kappa shape index (κ3) is 2.67. The predicted octanol–water partition coefficient (Wildman–Crippen LogP) is 4.21. The maximum Gasteiger partial charge on any atom is 0.281 e. The molecule has 0 bridgehead atoms. The molecule has 0 unspecified atom stereocenters. The maximum atomic E-state index is 11.9.